The van der Waals surface area contributed by atoms with E-state index in [2.05, 4.69) is 0 Å². The average Bonchev–Trinajstić information content (AvgIpc) is 3.00. The molecule has 1 N–H and O–H groups in total. The number of carbonyl (C=O) groups excluding carboxylic acids is 1. The number of rotatable bonds is 6. The minimum absolute atomic E-state index is 0.0548. The van der Waals surface area contributed by atoms with E-state index in [1.54, 1.807) is 4.57 Å². The summed E-state index contributed by atoms with van der Waals surface area (Å²) in [5, 5.41) is 10.8. The topological polar surface area (TPSA) is 62.5 Å². The van der Waals surface area contributed by atoms with E-state index in [1.165, 1.54) is 11.3 Å². The summed E-state index contributed by atoms with van der Waals surface area (Å²) in [7, 11) is 0. The van der Waals surface area contributed by atoms with Crippen LogP contribution in [0.5, 0.6) is 0 Å². The van der Waals surface area contributed by atoms with Gasteiger partial charge in [0, 0.05) is 43.7 Å². The van der Waals surface area contributed by atoms with Crippen molar-refractivity contribution in [2.24, 2.45) is 5.92 Å². The van der Waals surface area contributed by atoms with Crippen molar-refractivity contribution in [1.82, 2.24) is 9.47 Å². The molecule has 0 saturated carbocycles. The van der Waals surface area contributed by atoms with Gasteiger partial charge in [-0.05, 0) is 32.1 Å². The number of hydrogen-bond acceptors (Lipinski definition) is 4. The van der Waals surface area contributed by atoms with Crippen LogP contribution in [0.2, 0.25) is 0 Å². The zero-order valence-corrected chi connectivity index (χ0v) is 12.7. The van der Waals surface area contributed by atoms with Crippen molar-refractivity contribution in [2.45, 2.75) is 39.2 Å². The Kier molecular flexibility index (Phi) is 5.37. The number of carbonyl (C=O) groups is 1. The number of likely N-dealkylation sites (tertiary alicyclic amines) is 1. The predicted molar refractivity (Wildman–Crippen MR) is 78.9 cm³/mol. The van der Waals surface area contributed by atoms with Gasteiger partial charge < -0.3 is 14.6 Å². The van der Waals surface area contributed by atoms with Crippen LogP contribution in [-0.2, 0) is 11.3 Å². The molecule has 1 aliphatic heterocycles. The van der Waals surface area contributed by atoms with Gasteiger partial charge >= 0.3 is 4.87 Å². The van der Waals surface area contributed by atoms with Crippen LogP contribution in [0.1, 0.15) is 31.4 Å². The van der Waals surface area contributed by atoms with Gasteiger partial charge in [-0.25, -0.2) is 0 Å². The second-order valence-electron chi connectivity index (χ2n) is 5.40. The first-order valence-electron chi connectivity index (χ1n) is 7.15. The molecule has 112 valence electrons. The molecule has 1 unspecified atom stereocenters. The van der Waals surface area contributed by atoms with Crippen LogP contribution in [0.3, 0.4) is 0 Å². The number of aliphatic hydroxyl groups excluding tert-OH is 1. The highest BCUT2D eigenvalue weighted by Gasteiger charge is 2.25. The van der Waals surface area contributed by atoms with Gasteiger partial charge in [0.25, 0.3) is 0 Å². The van der Waals surface area contributed by atoms with Crippen LogP contribution >= 0.6 is 11.3 Å². The number of amides is 1. The molecule has 0 radical (unpaired) electrons. The van der Waals surface area contributed by atoms with E-state index >= 15 is 0 Å². The summed E-state index contributed by atoms with van der Waals surface area (Å²) in [6.07, 6.45) is 2.98. The van der Waals surface area contributed by atoms with Crippen molar-refractivity contribution in [2.75, 3.05) is 19.7 Å². The Balaban J connectivity index is 1.75. The van der Waals surface area contributed by atoms with Gasteiger partial charge in [0.1, 0.15) is 0 Å². The van der Waals surface area contributed by atoms with Crippen LogP contribution < -0.4 is 4.87 Å². The molecular formula is C14H22N2O3S. The van der Waals surface area contributed by atoms with E-state index in [-0.39, 0.29) is 17.4 Å². The van der Waals surface area contributed by atoms with Crippen LogP contribution in [-0.4, -0.2) is 40.2 Å². The Labute approximate surface area is 122 Å². The maximum atomic E-state index is 12.1. The summed E-state index contributed by atoms with van der Waals surface area (Å²) in [6, 6.07) is 0. The van der Waals surface area contributed by atoms with Crippen LogP contribution in [0.4, 0.5) is 0 Å². The Hall–Kier alpha value is -1.14. The van der Waals surface area contributed by atoms with Gasteiger partial charge in [-0.3, -0.25) is 9.59 Å². The van der Waals surface area contributed by atoms with Gasteiger partial charge in [0.05, 0.1) is 0 Å². The third-order valence-corrected chi connectivity index (χ3v) is 4.81. The fourth-order valence-corrected chi connectivity index (χ4v) is 3.46. The van der Waals surface area contributed by atoms with Gasteiger partial charge in [0.2, 0.25) is 5.91 Å². The van der Waals surface area contributed by atoms with Crippen molar-refractivity contribution in [3.05, 3.63) is 20.7 Å². The number of hydrogen-bond donors (Lipinski definition) is 1. The van der Waals surface area contributed by atoms with Crippen molar-refractivity contribution in [1.29, 1.82) is 0 Å². The summed E-state index contributed by atoms with van der Waals surface area (Å²) in [4.78, 5) is 25.6. The molecular weight excluding hydrogens is 276 g/mol. The van der Waals surface area contributed by atoms with Gasteiger partial charge in [0.15, 0.2) is 0 Å². The maximum absolute atomic E-state index is 12.1. The molecule has 1 saturated heterocycles. The number of nitrogens with zero attached hydrogens (tertiary/aromatic N) is 2. The minimum atomic E-state index is 0.0548. The largest absolute Gasteiger partial charge is 0.396 e. The van der Waals surface area contributed by atoms with E-state index < -0.39 is 0 Å². The molecule has 0 bridgehead atoms. The highest BCUT2D eigenvalue weighted by molar-refractivity contribution is 7.07. The summed E-state index contributed by atoms with van der Waals surface area (Å²) < 4.78 is 1.73. The Morgan fingerprint density at radius 2 is 2.35 bits per heavy atom. The van der Waals surface area contributed by atoms with E-state index in [9.17, 15) is 9.59 Å². The van der Waals surface area contributed by atoms with Gasteiger partial charge in [-0.1, -0.05) is 11.3 Å². The summed E-state index contributed by atoms with van der Waals surface area (Å²) >= 11 is 1.21. The van der Waals surface area contributed by atoms with Crippen LogP contribution in [0.25, 0.3) is 0 Å². The van der Waals surface area contributed by atoms with Crippen LogP contribution in [0, 0.1) is 12.8 Å². The standard InChI is InChI=1S/C14H22N2O3S/c1-11-10-20-14(19)16(11)6-2-3-13(18)15-7-4-12(9-15)5-8-17/h10,12,17H,2-9H2,1H3. The normalized spacial score (nSPS) is 18.7. The third-order valence-electron chi connectivity index (χ3n) is 3.92. The molecule has 0 aliphatic carbocycles. The Morgan fingerprint density at radius 1 is 1.55 bits per heavy atom. The zero-order chi connectivity index (χ0) is 14.5. The van der Waals surface area contributed by atoms with Gasteiger partial charge in [-0.15, -0.1) is 0 Å². The molecule has 1 atom stereocenters. The maximum Gasteiger partial charge on any atom is 0.307 e. The molecule has 1 aromatic heterocycles. The molecule has 0 spiro atoms. The first-order chi connectivity index (χ1) is 9.61. The predicted octanol–water partition coefficient (Wildman–Crippen LogP) is 1.23. The Bertz CT molecular complexity index is 509. The summed E-state index contributed by atoms with van der Waals surface area (Å²) in [5.41, 5.74) is 0.969. The highest BCUT2D eigenvalue weighted by Crippen LogP contribution is 2.20. The molecule has 6 heteroatoms. The zero-order valence-electron chi connectivity index (χ0n) is 11.9. The molecule has 0 aromatic carbocycles. The average molecular weight is 298 g/mol. The molecule has 2 heterocycles. The fraction of sp³-hybridized carbons (Fsp3) is 0.714. The van der Waals surface area contributed by atoms with Gasteiger partial charge in [-0.2, -0.15) is 0 Å². The molecule has 5 nitrogen and oxygen atoms in total. The van der Waals surface area contributed by atoms with Crippen molar-refractivity contribution in [3.8, 4) is 0 Å². The molecule has 1 amide bonds. The quantitative estimate of drug-likeness (QED) is 0.859. The lowest BCUT2D eigenvalue weighted by atomic mass is 10.1. The fourth-order valence-electron chi connectivity index (χ4n) is 2.70. The minimum Gasteiger partial charge on any atom is -0.396 e. The molecule has 1 fully saturated rings. The lowest BCUT2D eigenvalue weighted by molar-refractivity contribution is -0.130. The van der Waals surface area contributed by atoms with E-state index in [0.29, 0.717) is 25.3 Å². The van der Waals surface area contributed by atoms with Crippen LogP contribution in [0.15, 0.2) is 10.2 Å². The molecule has 20 heavy (non-hydrogen) atoms. The van der Waals surface area contributed by atoms with Crippen molar-refractivity contribution >= 4 is 17.2 Å². The molecule has 1 aliphatic rings. The second kappa shape index (κ2) is 7.04. The summed E-state index contributed by atoms with van der Waals surface area (Å²) in [6.45, 7) is 4.32. The number of thiazole rings is 1. The smallest absolute Gasteiger partial charge is 0.307 e. The highest BCUT2D eigenvalue weighted by atomic mass is 32.1. The van der Waals surface area contributed by atoms with Crippen molar-refractivity contribution < 1.29 is 9.90 Å². The number of aryl methyl sites for hydroxylation is 1. The number of aliphatic hydroxyl groups is 1. The lowest BCUT2D eigenvalue weighted by Crippen LogP contribution is -2.29. The van der Waals surface area contributed by atoms with E-state index in [0.717, 1.165) is 31.6 Å². The molecule has 1 aromatic rings. The van der Waals surface area contributed by atoms with Crippen molar-refractivity contribution in [3.63, 3.8) is 0 Å². The first kappa shape index (κ1) is 15.3. The first-order valence-corrected chi connectivity index (χ1v) is 8.03. The summed E-state index contributed by atoms with van der Waals surface area (Å²) in [5.74, 6) is 0.622. The second-order valence-corrected chi connectivity index (χ2v) is 6.23. The monoisotopic (exact) mass is 298 g/mol. The number of aromatic nitrogens is 1. The van der Waals surface area contributed by atoms with E-state index in [1.807, 2.05) is 17.2 Å². The molecule has 2 rings (SSSR count). The van der Waals surface area contributed by atoms with E-state index in [4.69, 9.17) is 5.11 Å². The Morgan fingerprint density at radius 3 is 3.00 bits per heavy atom. The SMILES string of the molecule is Cc1csc(=O)n1CCCC(=O)N1CCC(CCO)C1. The third kappa shape index (κ3) is 3.70. The lowest BCUT2D eigenvalue weighted by Gasteiger charge is -2.16.